The van der Waals surface area contributed by atoms with Crippen LogP contribution in [-0.4, -0.2) is 21.1 Å². The molecule has 128 valence electrons. The number of nitrogens with zero attached hydrogens (tertiary/aromatic N) is 1. The van der Waals surface area contributed by atoms with Gasteiger partial charge in [0.25, 0.3) is 5.91 Å². The summed E-state index contributed by atoms with van der Waals surface area (Å²) < 4.78 is 0.248. The molecule has 1 aromatic heterocycles. The van der Waals surface area contributed by atoms with Gasteiger partial charge in [0.2, 0.25) is 5.91 Å². The molecule has 0 aliphatic heterocycles. The molecular weight excluding hydrogens is 370 g/mol. The lowest BCUT2D eigenvalue weighted by atomic mass is 9.48. The van der Waals surface area contributed by atoms with Gasteiger partial charge in [-0.15, -0.1) is 0 Å². The van der Waals surface area contributed by atoms with Crippen molar-refractivity contribution in [2.24, 2.45) is 17.3 Å². The van der Waals surface area contributed by atoms with Crippen LogP contribution < -0.4 is 10.9 Å². The number of alkyl halides is 1. The van der Waals surface area contributed by atoms with Crippen molar-refractivity contribution in [3.8, 4) is 0 Å². The van der Waals surface area contributed by atoms with E-state index in [9.17, 15) is 9.59 Å². The summed E-state index contributed by atoms with van der Waals surface area (Å²) in [5, 5.41) is 0. The van der Waals surface area contributed by atoms with E-state index in [1.54, 1.807) is 24.5 Å². The first-order valence-electron chi connectivity index (χ1n) is 8.64. The molecule has 2 amide bonds. The van der Waals surface area contributed by atoms with Crippen LogP contribution in [0.15, 0.2) is 24.5 Å². The van der Waals surface area contributed by atoms with Crippen molar-refractivity contribution < 1.29 is 9.59 Å². The van der Waals surface area contributed by atoms with Gasteiger partial charge in [-0.3, -0.25) is 25.4 Å². The molecular formula is C18H22BrN3O2. The van der Waals surface area contributed by atoms with Gasteiger partial charge >= 0.3 is 0 Å². The molecule has 0 radical (unpaired) electrons. The molecule has 0 saturated heterocycles. The van der Waals surface area contributed by atoms with Crippen LogP contribution >= 0.6 is 15.9 Å². The standard InChI is InChI=1S/C18H22BrN3O2/c19-18-8-12-5-13(9-18)7-17(6-12,11-18)10-15(23)21-22-16(24)14-1-3-20-4-2-14/h1-4,12-13H,5-11H2,(H,21,23)(H,22,24)/t12-,13-,17?,18?/m0/s1. The molecule has 0 aromatic carbocycles. The molecule has 2 N–H and O–H groups in total. The summed E-state index contributed by atoms with van der Waals surface area (Å²) >= 11 is 3.97. The molecule has 0 unspecified atom stereocenters. The third kappa shape index (κ3) is 3.08. The number of hydrazine groups is 1. The predicted octanol–water partition coefficient (Wildman–Crippen LogP) is 2.97. The van der Waals surface area contributed by atoms with Crippen LogP contribution in [0.3, 0.4) is 0 Å². The van der Waals surface area contributed by atoms with Crippen LogP contribution in [0.25, 0.3) is 0 Å². The molecule has 2 atom stereocenters. The molecule has 5 nitrogen and oxygen atoms in total. The van der Waals surface area contributed by atoms with E-state index < -0.39 is 0 Å². The highest BCUT2D eigenvalue weighted by Crippen LogP contribution is 2.65. The van der Waals surface area contributed by atoms with E-state index in [0.29, 0.717) is 12.0 Å². The fourth-order valence-electron chi connectivity index (χ4n) is 5.63. The first kappa shape index (κ1) is 16.1. The molecule has 4 saturated carbocycles. The number of hydrogen-bond donors (Lipinski definition) is 2. The zero-order valence-corrected chi connectivity index (χ0v) is 15.1. The Balaban J connectivity index is 1.36. The van der Waals surface area contributed by atoms with E-state index in [1.165, 1.54) is 19.3 Å². The van der Waals surface area contributed by atoms with Crippen LogP contribution in [0.5, 0.6) is 0 Å². The summed E-state index contributed by atoms with van der Waals surface area (Å²) in [6.07, 6.45) is 10.9. The first-order valence-corrected chi connectivity index (χ1v) is 9.43. The molecule has 4 fully saturated rings. The highest BCUT2D eigenvalue weighted by atomic mass is 79.9. The lowest BCUT2D eigenvalue weighted by Crippen LogP contribution is -2.54. The number of nitrogens with one attached hydrogen (secondary N) is 2. The smallest absolute Gasteiger partial charge is 0.269 e. The minimum absolute atomic E-state index is 0.0875. The Morgan fingerprint density at radius 1 is 1.12 bits per heavy atom. The van der Waals surface area contributed by atoms with Crippen molar-refractivity contribution in [2.45, 2.75) is 49.3 Å². The number of amides is 2. The van der Waals surface area contributed by atoms with Gasteiger partial charge in [-0.2, -0.15) is 0 Å². The lowest BCUT2D eigenvalue weighted by Gasteiger charge is -2.60. The molecule has 4 aliphatic rings. The van der Waals surface area contributed by atoms with Gasteiger partial charge < -0.3 is 0 Å². The van der Waals surface area contributed by atoms with E-state index in [2.05, 4.69) is 31.8 Å². The Hall–Kier alpha value is -1.43. The maximum absolute atomic E-state index is 12.4. The average molecular weight is 392 g/mol. The fraction of sp³-hybridized carbons (Fsp3) is 0.611. The predicted molar refractivity (Wildman–Crippen MR) is 93.2 cm³/mol. The monoisotopic (exact) mass is 391 g/mol. The van der Waals surface area contributed by atoms with Crippen molar-refractivity contribution in [3.63, 3.8) is 0 Å². The van der Waals surface area contributed by atoms with Crippen molar-refractivity contribution in [1.29, 1.82) is 0 Å². The van der Waals surface area contributed by atoms with E-state index >= 15 is 0 Å². The molecule has 4 bridgehead atoms. The minimum Gasteiger partial charge on any atom is -0.273 e. The van der Waals surface area contributed by atoms with E-state index in [-0.39, 0.29) is 21.6 Å². The zero-order chi connectivity index (χ0) is 16.8. The second-order valence-corrected chi connectivity index (χ2v) is 9.71. The summed E-state index contributed by atoms with van der Waals surface area (Å²) in [6.45, 7) is 0. The van der Waals surface area contributed by atoms with Gasteiger partial charge in [-0.05, 0) is 67.9 Å². The fourth-order valence-corrected chi connectivity index (χ4v) is 7.14. The Morgan fingerprint density at radius 3 is 2.42 bits per heavy atom. The first-order chi connectivity index (χ1) is 11.5. The lowest BCUT2D eigenvalue weighted by molar-refractivity contribution is -0.128. The largest absolute Gasteiger partial charge is 0.273 e. The summed E-state index contributed by atoms with van der Waals surface area (Å²) in [6, 6.07) is 3.24. The summed E-state index contributed by atoms with van der Waals surface area (Å²) in [4.78, 5) is 28.3. The van der Waals surface area contributed by atoms with Gasteiger partial charge in [0.1, 0.15) is 0 Å². The number of rotatable bonds is 3. The van der Waals surface area contributed by atoms with Gasteiger partial charge in [0, 0.05) is 28.7 Å². The number of carbonyl (C=O) groups is 2. The molecule has 4 aliphatic carbocycles. The molecule has 5 rings (SSSR count). The zero-order valence-electron chi connectivity index (χ0n) is 13.6. The van der Waals surface area contributed by atoms with Crippen LogP contribution in [-0.2, 0) is 4.79 Å². The summed E-state index contributed by atoms with van der Waals surface area (Å²) in [5.41, 5.74) is 5.70. The SMILES string of the molecule is O=C(CC12C[C@@H]3C[C@H](CC(Br)(C3)C1)C2)NNC(=O)c1ccncc1. The van der Waals surface area contributed by atoms with Gasteiger partial charge in [0.15, 0.2) is 0 Å². The number of carbonyl (C=O) groups excluding carboxylic acids is 2. The number of hydrogen-bond acceptors (Lipinski definition) is 3. The topological polar surface area (TPSA) is 71.1 Å². The maximum Gasteiger partial charge on any atom is 0.269 e. The summed E-state index contributed by atoms with van der Waals surface area (Å²) in [7, 11) is 0. The van der Waals surface area contributed by atoms with Crippen LogP contribution in [0.4, 0.5) is 0 Å². The summed E-state index contributed by atoms with van der Waals surface area (Å²) in [5.74, 6) is 1.11. The number of aromatic nitrogens is 1. The molecule has 0 spiro atoms. The minimum atomic E-state index is -0.312. The Morgan fingerprint density at radius 2 is 1.79 bits per heavy atom. The highest BCUT2D eigenvalue weighted by molar-refractivity contribution is 9.10. The van der Waals surface area contributed by atoms with Gasteiger partial charge in [-0.1, -0.05) is 15.9 Å². The molecule has 6 heteroatoms. The highest BCUT2D eigenvalue weighted by Gasteiger charge is 2.57. The van der Waals surface area contributed by atoms with Gasteiger partial charge in [0.05, 0.1) is 0 Å². The molecule has 1 heterocycles. The van der Waals surface area contributed by atoms with Gasteiger partial charge in [-0.25, -0.2) is 0 Å². The van der Waals surface area contributed by atoms with Crippen molar-refractivity contribution in [2.75, 3.05) is 0 Å². The Kier molecular flexibility index (Phi) is 3.90. The molecule has 24 heavy (non-hydrogen) atoms. The van der Waals surface area contributed by atoms with Crippen molar-refractivity contribution >= 4 is 27.7 Å². The Bertz CT molecular complexity index is 649. The van der Waals surface area contributed by atoms with E-state index in [0.717, 1.165) is 31.1 Å². The third-order valence-electron chi connectivity index (χ3n) is 5.90. The van der Waals surface area contributed by atoms with E-state index in [4.69, 9.17) is 0 Å². The second-order valence-electron chi connectivity index (χ2n) is 8.03. The molecule has 1 aromatic rings. The van der Waals surface area contributed by atoms with Crippen LogP contribution in [0.1, 0.15) is 55.3 Å². The quantitative estimate of drug-likeness (QED) is 0.614. The number of halogens is 1. The van der Waals surface area contributed by atoms with Crippen LogP contribution in [0.2, 0.25) is 0 Å². The maximum atomic E-state index is 12.4. The average Bonchev–Trinajstić information content (AvgIpc) is 2.50. The van der Waals surface area contributed by atoms with Crippen LogP contribution in [0, 0.1) is 17.3 Å². The number of pyridine rings is 1. The van der Waals surface area contributed by atoms with Crippen molar-refractivity contribution in [1.82, 2.24) is 15.8 Å². The Labute approximate surface area is 150 Å². The van der Waals surface area contributed by atoms with Crippen molar-refractivity contribution in [3.05, 3.63) is 30.1 Å². The van der Waals surface area contributed by atoms with E-state index in [1.807, 2.05) is 0 Å². The second kappa shape index (κ2) is 5.83. The third-order valence-corrected chi connectivity index (χ3v) is 6.83. The normalized spacial score (nSPS) is 36.4.